The van der Waals surface area contributed by atoms with Crippen molar-refractivity contribution >= 4 is 16.9 Å². The number of methoxy groups -OCH3 is 1. The predicted molar refractivity (Wildman–Crippen MR) is 105 cm³/mol. The molecule has 0 N–H and O–H groups in total. The van der Waals surface area contributed by atoms with Crippen LogP contribution in [0.4, 0.5) is 0 Å². The number of piperidine rings is 1. The number of fused-ring (bicyclic) bond motifs is 1. The summed E-state index contributed by atoms with van der Waals surface area (Å²) in [6, 6.07) is 6.93. The quantitative estimate of drug-likeness (QED) is 0.650. The average molecular weight is 381 g/mol. The van der Waals surface area contributed by atoms with Gasteiger partial charge in [0.1, 0.15) is 11.4 Å². The fraction of sp³-hybridized carbons (Fsp3) is 0.381. The van der Waals surface area contributed by atoms with Gasteiger partial charge in [0.25, 0.3) is 5.91 Å². The number of nitrogens with zero attached hydrogens (tertiary/aromatic N) is 3. The zero-order chi connectivity index (χ0) is 19.7. The van der Waals surface area contributed by atoms with Crippen LogP contribution in [0.25, 0.3) is 11.0 Å². The van der Waals surface area contributed by atoms with Crippen molar-refractivity contribution < 1.29 is 13.9 Å². The lowest BCUT2D eigenvalue weighted by atomic mass is 9.96. The number of ether oxygens (including phenoxy) is 1. The van der Waals surface area contributed by atoms with E-state index in [2.05, 4.69) is 9.55 Å². The van der Waals surface area contributed by atoms with Crippen LogP contribution in [-0.2, 0) is 6.54 Å². The van der Waals surface area contributed by atoms with Gasteiger partial charge in [-0.05, 0) is 37.8 Å². The molecule has 1 fully saturated rings. The minimum atomic E-state index is -0.627. The van der Waals surface area contributed by atoms with Gasteiger partial charge in [-0.2, -0.15) is 0 Å². The first-order chi connectivity index (χ1) is 13.6. The highest BCUT2D eigenvalue weighted by atomic mass is 16.5. The average Bonchev–Trinajstić information content (AvgIpc) is 3.11. The van der Waals surface area contributed by atoms with Gasteiger partial charge in [-0.25, -0.2) is 9.78 Å². The van der Waals surface area contributed by atoms with Crippen molar-refractivity contribution in [2.24, 2.45) is 5.92 Å². The third-order valence-corrected chi connectivity index (χ3v) is 5.45. The zero-order valence-corrected chi connectivity index (χ0v) is 16.1. The molecule has 1 aromatic carbocycles. The first-order valence-corrected chi connectivity index (χ1v) is 9.44. The highest BCUT2D eigenvalue weighted by Crippen LogP contribution is 2.26. The van der Waals surface area contributed by atoms with Crippen molar-refractivity contribution in [1.29, 1.82) is 0 Å². The molecule has 7 heteroatoms. The van der Waals surface area contributed by atoms with Gasteiger partial charge in [-0.1, -0.05) is 12.1 Å². The fourth-order valence-corrected chi connectivity index (χ4v) is 3.79. The van der Waals surface area contributed by atoms with E-state index in [-0.39, 0.29) is 11.5 Å². The highest BCUT2D eigenvalue weighted by Gasteiger charge is 2.26. The van der Waals surface area contributed by atoms with Crippen LogP contribution in [0.2, 0.25) is 0 Å². The van der Waals surface area contributed by atoms with E-state index < -0.39 is 5.63 Å². The Balaban J connectivity index is 1.49. The number of para-hydroxylation sites is 1. The summed E-state index contributed by atoms with van der Waals surface area (Å²) >= 11 is 0. The van der Waals surface area contributed by atoms with E-state index in [0.29, 0.717) is 35.7 Å². The number of aryl methyl sites for hydroxylation is 1. The van der Waals surface area contributed by atoms with Crippen LogP contribution in [0.5, 0.6) is 5.75 Å². The Kier molecular flexibility index (Phi) is 4.90. The third-order valence-electron chi connectivity index (χ3n) is 5.45. The summed E-state index contributed by atoms with van der Waals surface area (Å²) in [5.74, 6) is 1.71. The molecule has 0 saturated carbocycles. The highest BCUT2D eigenvalue weighted by molar-refractivity contribution is 5.97. The van der Waals surface area contributed by atoms with Gasteiger partial charge < -0.3 is 18.6 Å². The lowest BCUT2D eigenvalue weighted by Gasteiger charge is -2.32. The number of carbonyl (C=O) groups excluding carboxylic acids is 1. The van der Waals surface area contributed by atoms with E-state index in [0.717, 1.165) is 25.2 Å². The molecule has 146 valence electrons. The van der Waals surface area contributed by atoms with Crippen molar-refractivity contribution in [1.82, 2.24) is 14.5 Å². The first kappa shape index (κ1) is 18.3. The molecule has 0 bridgehead atoms. The number of likely N-dealkylation sites (tertiary alicyclic amines) is 1. The normalized spacial score (nSPS) is 15.1. The van der Waals surface area contributed by atoms with Crippen LogP contribution in [0.15, 0.2) is 45.9 Å². The zero-order valence-electron chi connectivity index (χ0n) is 16.1. The Morgan fingerprint density at radius 3 is 2.79 bits per heavy atom. The molecule has 0 radical (unpaired) electrons. The molecule has 0 unspecified atom stereocenters. The Labute approximate surface area is 162 Å². The maximum atomic E-state index is 12.9. The predicted octanol–water partition coefficient (Wildman–Crippen LogP) is 2.86. The molecule has 4 rings (SSSR count). The number of aromatic nitrogens is 2. The van der Waals surface area contributed by atoms with Crippen molar-refractivity contribution in [3.05, 3.63) is 58.5 Å². The number of rotatable bonds is 4. The smallest absolute Gasteiger partial charge is 0.349 e. The number of imidazole rings is 1. The summed E-state index contributed by atoms with van der Waals surface area (Å²) in [7, 11) is 1.52. The van der Waals surface area contributed by atoms with Gasteiger partial charge in [0.05, 0.1) is 7.11 Å². The van der Waals surface area contributed by atoms with Crippen LogP contribution in [0, 0.1) is 12.8 Å². The summed E-state index contributed by atoms with van der Waals surface area (Å²) in [6.07, 6.45) is 5.59. The van der Waals surface area contributed by atoms with E-state index in [1.165, 1.54) is 7.11 Å². The minimum absolute atomic E-state index is 0.0738. The lowest BCUT2D eigenvalue weighted by molar-refractivity contribution is 0.0678. The largest absolute Gasteiger partial charge is 0.493 e. The summed E-state index contributed by atoms with van der Waals surface area (Å²) < 4.78 is 12.8. The van der Waals surface area contributed by atoms with Crippen LogP contribution in [0.1, 0.15) is 29.0 Å². The van der Waals surface area contributed by atoms with E-state index in [4.69, 9.17) is 9.15 Å². The van der Waals surface area contributed by atoms with Gasteiger partial charge in [0, 0.05) is 37.4 Å². The van der Waals surface area contributed by atoms with Gasteiger partial charge in [0.15, 0.2) is 11.3 Å². The molecule has 1 amide bonds. The summed E-state index contributed by atoms with van der Waals surface area (Å²) in [5.41, 5.74) is -0.191. The SMILES string of the molecule is COc1cccc2cc(C(=O)N3CCC(Cn4ccnc4C)CC3)c(=O)oc12. The van der Waals surface area contributed by atoms with Crippen LogP contribution >= 0.6 is 0 Å². The van der Waals surface area contributed by atoms with Gasteiger partial charge in [-0.15, -0.1) is 0 Å². The maximum Gasteiger partial charge on any atom is 0.349 e. The van der Waals surface area contributed by atoms with Crippen LogP contribution in [0.3, 0.4) is 0 Å². The molecule has 28 heavy (non-hydrogen) atoms. The molecule has 3 heterocycles. The number of amides is 1. The Morgan fingerprint density at radius 2 is 2.11 bits per heavy atom. The second-order valence-corrected chi connectivity index (χ2v) is 7.19. The van der Waals surface area contributed by atoms with Gasteiger partial charge >= 0.3 is 5.63 Å². The van der Waals surface area contributed by atoms with Gasteiger partial charge in [0.2, 0.25) is 0 Å². The number of carbonyl (C=O) groups is 1. The second-order valence-electron chi connectivity index (χ2n) is 7.19. The number of benzene rings is 1. The summed E-state index contributed by atoms with van der Waals surface area (Å²) in [5, 5.41) is 0.674. The van der Waals surface area contributed by atoms with Crippen molar-refractivity contribution in [2.45, 2.75) is 26.3 Å². The van der Waals surface area contributed by atoms with E-state index >= 15 is 0 Å². The maximum absolute atomic E-state index is 12.9. The molecule has 0 aliphatic carbocycles. The van der Waals surface area contributed by atoms with E-state index in [9.17, 15) is 9.59 Å². The molecule has 1 saturated heterocycles. The molecule has 0 spiro atoms. The summed E-state index contributed by atoms with van der Waals surface area (Å²) in [6.45, 7) is 4.16. The van der Waals surface area contributed by atoms with Crippen LogP contribution in [-0.4, -0.2) is 40.6 Å². The van der Waals surface area contributed by atoms with Crippen LogP contribution < -0.4 is 10.4 Å². The Hall–Kier alpha value is -3.09. The summed E-state index contributed by atoms with van der Waals surface area (Å²) in [4.78, 5) is 31.3. The molecular formula is C21H23N3O4. The molecule has 3 aromatic rings. The molecule has 0 atom stereocenters. The molecule has 1 aliphatic rings. The third kappa shape index (κ3) is 3.40. The van der Waals surface area contributed by atoms with Crippen molar-refractivity contribution in [3.63, 3.8) is 0 Å². The van der Waals surface area contributed by atoms with E-state index in [1.807, 2.05) is 19.3 Å². The second kappa shape index (κ2) is 7.50. The molecular weight excluding hydrogens is 358 g/mol. The van der Waals surface area contributed by atoms with Crippen molar-refractivity contribution in [3.8, 4) is 5.75 Å². The van der Waals surface area contributed by atoms with Gasteiger partial charge in [-0.3, -0.25) is 4.79 Å². The monoisotopic (exact) mass is 381 g/mol. The van der Waals surface area contributed by atoms with E-state index in [1.54, 1.807) is 29.2 Å². The number of hydrogen-bond acceptors (Lipinski definition) is 5. The number of hydrogen-bond donors (Lipinski definition) is 0. The standard InChI is InChI=1S/C21H23N3O4/c1-14-22-8-11-24(14)13-15-6-9-23(10-7-15)20(25)17-12-16-4-3-5-18(27-2)19(16)28-21(17)26/h3-5,8,11-12,15H,6-7,9-10,13H2,1-2H3. The van der Waals surface area contributed by atoms with Crippen molar-refractivity contribution in [2.75, 3.05) is 20.2 Å². The Morgan fingerprint density at radius 1 is 1.32 bits per heavy atom. The fourth-order valence-electron chi connectivity index (χ4n) is 3.79. The minimum Gasteiger partial charge on any atom is -0.493 e. The lowest BCUT2D eigenvalue weighted by Crippen LogP contribution is -2.41. The molecule has 7 nitrogen and oxygen atoms in total. The molecule has 2 aromatic heterocycles. The Bertz CT molecular complexity index is 1060. The topological polar surface area (TPSA) is 77.6 Å². The first-order valence-electron chi connectivity index (χ1n) is 9.44. The molecule has 1 aliphatic heterocycles.